The predicted molar refractivity (Wildman–Crippen MR) is 95.2 cm³/mol. The zero-order chi connectivity index (χ0) is 16.8. The predicted octanol–water partition coefficient (Wildman–Crippen LogP) is 4.45. The Morgan fingerprint density at radius 1 is 1.04 bits per heavy atom. The van der Waals surface area contributed by atoms with Gasteiger partial charge in [0.1, 0.15) is 0 Å². The third-order valence-corrected chi connectivity index (χ3v) is 6.54. The van der Waals surface area contributed by atoms with Crippen LogP contribution in [0.5, 0.6) is 0 Å². The van der Waals surface area contributed by atoms with Gasteiger partial charge in [0, 0.05) is 22.2 Å². The molecule has 3 fully saturated rings. The highest BCUT2D eigenvalue weighted by atomic mass is 35.5. The number of halogens is 1. The summed E-state index contributed by atoms with van der Waals surface area (Å²) in [4.78, 5) is 14.6. The number of carbonyl (C=O) groups is 1. The summed E-state index contributed by atoms with van der Waals surface area (Å²) < 4.78 is 0. The lowest BCUT2D eigenvalue weighted by atomic mass is 9.62. The summed E-state index contributed by atoms with van der Waals surface area (Å²) in [6.45, 7) is 0. The number of urea groups is 1. The van der Waals surface area contributed by atoms with Crippen molar-refractivity contribution in [2.45, 2.75) is 69.1 Å². The molecule has 1 aliphatic heterocycles. The van der Waals surface area contributed by atoms with E-state index in [-0.39, 0.29) is 17.5 Å². The van der Waals surface area contributed by atoms with Crippen LogP contribution in [0.4, 0.5) is 10.5 Å². The van der Waals surface area contributed by atoms with E-state index < -0.39 is 5.72 Å². The quantitative estimate of drug-likeness (QED) is 0.787. The van der Waals surface area contributed by atoms with E-state index in [2.05, 4.69) is 5.32 Å². The zero-order valence-corrected chi connectivity index (χ0v) is 14.7. The molecule has 2 unspecified atom stereocenters. The number of hydrogen-bond acceptors (Lipinski definition) is 2. The van der Waals surface area contributed by atoms with Crippen molar-refractivity contribution in [2.75, 3.05) is 4.90 Å². The minimum Gasteiger partial charge on any atom is -0.370 e. The number of hydrogen-bond donors (Lipinski definition) is 2. The van der Waals surface area contributed by atoms with Crippen LogP contribution in [0.15, 0.2) is 24.3 Å². The van der Waals surface area contributed by atoms with Gasteiger partial charge in [0.05, 0.1) is 0 Å². The van der Waals surface area contributed by atoms with Crippen LogP contribution in [-0.4, -0.2) is 22.4 Å². The lowest BCUT2D eigenvalue weighted by Crippen LogP contribution is -2.76. The molecule has 1 aromatic rings. The highest BCUT2D eigenvalue weighted by molar-refractivity contribution is 6.30. The van der Waals surface area contributed by atoms with Crippen LogP contribution >= 0.6 is 11.6 Å². The van der Waals surface area contributed by atoms with Gasteiger partial charge in [0.2, 0.25) is 0 Å². The fraction of sp³-hybridized carbons (Fsp3) is 0.632. The van der Waals surface area contributed by atoms with Crippen LogP contribution in [0.25, 0.3) is 0 Å². The smallest absolute Gasteiger partial charge is 0.324 e. The van der Waals surface area contributed by atoms with Gasteiger partial charge in [-0.05, 0) is 56.4 Å². The molecule has 2 amide bonds. The van der Waals surface area contributed by atoms with Gasteiger partial charge < -0.3 is 10.4 Å². The van der Waals surface area contributed by atoms with Crippen molar-refractivity contribution >= 4 is 23.3 Å². The van der Waals surface area contributed by atoms with Crippen molar-refractivity contribution in [3.63, 3.8) is 0 Å². The molecule has 4 rings (SSSR count). The zero-order valence-electron chi connectivity index (χ0n) is 13.9. The minimum absolute atomic E-state index is 0.0902. The third kappa shape index (κ3) is 2.42. The van der Waals surface area contributed by atoms with Crippen molar-refractivity contribution in [3.05, 3.63) is 29.3 Å². The molecular formula is C19H25ClN2O2. The van der Waals surface area contributed by atoms with E-state index in [0.29, 0.717) is 11.4 Å². The van der Waals surface area contributed by atoms with Gasteiger partial charge in [0.25, 0.3) is 0 Å². The molecule has 130 valence electrons. The highest BCUT2D eigenvalue weighted by Crippen LogP contribution is 2.51. The van der Waals surface area contributed by atoms with Crippen LogP contribution in [0.3, 0.4) is 0 Å². The molecule has 1 aromatic carbocycles. The third-order valence-electron chi connectivity index (χ3n) is 6.29. The number of amides is 2. The van der Waals surface area contributed by atoms with Crippen LogP contribution in [0.2, 0.25) is 5.02 Å². The van der Waals surface area contributed by atoms with E-state index in [4.69, 9.17) is 11.6 Å². The van der Waals surface area contributed by atoms with Crippen molar-refractivity contribution < 1.29 is 9.90 Å². The van der Waals surface area contributed by atoms with Gasteiger partial charge in [-0.3, -0.25) is 4.90 Å². The molecule has 0 aromatic heterocycles. The number of benzene rings is 1. The topological polar surface area (TPSA) is 52.6 Å². The van der Waals surface area contributed by atoms with Gasteiger partial charge in [-0.15, -0.1) is 0 Å². The Labute approximate surface area is 148 Å². The lowest BCUT2D eigenvalue weighted by molar-refractivity contribution is -0.101. The molecular weight excluding hydrogens is 324 g/mol. The monoisotopic (exact) mass is 348 g/mol. The number of aliphatic hydroxyl groups is 1. The van der Waals surface area contributed by atoms with Crippen molar-refractivity contribution in [3.8, 4) is 0 Å². The molecule has 3 aliphatic rings. The second-order valence-electron chi connectivity index (χ2n) is 7.64. The van der Waals surface area contributed by atoms with Gasteiger partial charge in [-0.2, -0.15) is 0 Å². The first-order valence-electron chi connectivity index (χ1n) is 9.16. The average molecular weight is 349 g/mol. The van der Waals surface area contributed by atoms with Crippen LogP contribution < -0.4 is 10.2 Å². The Morgan fingerprint density at radius 3 is 2.42 bits per heavy atom. The first kappa shape index (κ1) is 16.2. The summed E-state index contributed by atoms with van der Waals surface area (Å²) in [6, 6.07) is 7.03. The van der Waals surface area contributed by atoms with E-state index in [9.17, 15) is 9.90 Å². The molecule has 4 nitrogen and oxygen atoms in total. The summed E-state index contributed by atoms with van der Waals surface area (Å²) in [5.74, 6) is 0.0902. The number of nitrogens with zero attached hydrogens (tertiary/aromatic N) is 1. The van der Waals surface area contributed by atoms with Gasteiger partial charge in [0.15, 0.2) is 5.72 Å². The minimum atomic E-state index is -1.09. The summed E-state index contributed by atoms with van der Waals surface area (Å²) in [5.41, 5.74) is -0.601. The summed E-state index contributed by atoms with van der Waals surface area (Å²) in [6.07, 6.45) is 9.17. The maximum absolute atomic E-state index is 13.0. The SMILES string of the molecule is O=C1NC2(CCCCC2)C2CCCCC2(O)N1c1ccc(Cl)cc1. The van der Waals surface area contributed by atoms with Crippen LogP contribution in [0.1, 0.15) is 57.8 Å². The molecule has 1 saturated heterocycles. The Bertz CT molecular complexity index is 627. The summed E-state index contributed by atoms with van der Waals surface area (Å²) in [5, 5.41) is 15.6. The Kier molecular flexibility index (Phi) is 4.00. The maximum Gasteiger partial charge on any atom is 0.324 e. The first-order chi connectivity index (χ1) is 11.6. The van der Waals surface area contributed by atoms with Crippen LogP contribution in [-0.2, 0) is 0 Å². The molecule has 1 heterocycles. The van der Waals surface area contributed by atoms with E-state index in [0.717, 1.165) is 50.6 Å². The summed E-state index contributed by atoms with van der Waals surface area (Å²) in [7, 11) is 0. The fourth-order valence-corrected chi connectivity index (χ4v) is 5.37. The normalized spacial score (nSPS) is 32.3. The maximum atomic E-state index is 13.0. The summed E-state index contributed by atoms with van der Waals surface area (Å²) >= 11 is 5.99. The molecule has 5 heteroatoms. The van der Waals surface area contributed by atoms with Gasteiger partial charge >= 0.3 is 6.03 Å². The number of rotatable bonds is 1. The standard InChI is InChI=1S/C19H25ClN2O2/c20-14-7-9-15(10-8-14)22-17(23)21-18(11-3-1-4-12-18)16-6-2-5-13-19(16,22)24/h7-10,16,24H,1-6,11-13H2,(H,21,23). The van der Waals surface area contributed by atoms with Gasteiger partial charge in [-0.25, -0.2) is 4.79 Å². The second-order valence-corrected chi connectivity index (χ2v) is 8.07. The molecule has 24 heavy (non-hydrogen) atoms. The van der Waals surface area contributed by atoms with Gasteiger partial charge in [-0.1, -0.05) is 37.3 Å². The molecule has 2 atom stereocenters. The van der Waals surface area contributed by atoms with Crippen molar-refractivity contribution in [2.24, 2.45) is 5.92 Å². The largest absolute Gasteiger partial charge is 0.370 e. The Morgan fingerprint density at radius 2 is 1.71 bits per heavy atom. The van der Waals surface area contributed by atoms with E-state index in [1.807, 2.05) is 12.1 Å². The average Bonchev–Trinajstić information content (AvgIpc) is 2.57. The molecule has 0 radical (unpaired) electrons. The van der Waals surface area contributed by atoms with E-state index in [1.54, 1.807) is 17.0 Å². The first-order valence-corrected chi connectivity index (χ1v) is 9.53. The molecule has 0 bridgehead atoms. The molecule has 2 aliphatic carbocycles. The van der Waals surface area contributed by atoms with Crippen molar-refractivity contribution in [1.29, 1.82) is 0 Å². The van der Waals surface area contributed by atoms with Crippen LogP contribution in [0, 0.1) is 5.92 Å². The second kappa shape index (κ2) is 5.92. The number of fused-ring (bicyclic) bond motifs is 2. The molecule has 2 saturated carbocycles. The number of anilines is 1. The molecule has 2 N–H and O–H groups in total. The Balaban J connectivity index is 1.76. The number of carbonyl (C=O) groups excluding carboxylic acids is 1. The van der Waals surface area contributed by atoms with E-state index in [1.165, 1.54) is 6.42 Å². The van der Waals surface area contributed by atoms with E-state index >= 15 is 0 Å². The molecule has 1 spiro atoms. The fourth-order valence-electron chi connectivity index (χ4n) is 5.24. The lowest BCUT2D eigenvalue weighted by Gasteiger charge is -2.60. The Hall–Kier alpha value is -1.26. The number of nitrogens with one attached hydrogen (secondary N) is 1. The van der Waals surface area contributed by atoms with Crippen molar-refractivity contribution in [1.82, 2.24) is 5.32 Å². The highest BCUT2D eigenvalue weighted by Gasteiger charge is 2.60.